The van der Waals surface area contributed by atoms with E-state index in [1.54, 1.807) is 18.3 Å². The first-order valence-electron chi connectivity index (χ1n) is 6.44. The third kappa shape index (κ3) is 2.64. The standard InChI is InChI=1S/C16H15N3O/c20-14-6-3-5-13(11-14)12-17-15-7-1-2-8-16(15)19-10-4-9-18-19/h1-11,17,20H,12H2. The Morgan fingerprint density at radius 2 is 1.95 bits per heavy atom. The summed E-state index contributed by atoms with van der Waals surface area (Å²) >= 11 is 0. The maximum absolute atomic E-state index is 9.47. The lowest BCUT2D eigenvalue weighted by Crippen LogP contribution is -2.04. The lowest BCUT2D eigenvalue weighted by atomic mass is 10.2. The second-order valence-electron chi connectivity index (χ2n) is 4.49. The SMILES string of the molecule is Oc1cccc(CNc2ccccc2-n2cccn2)c1. The Labute approximate surface area is 117 Å². The summed E-state index contributed by atoms with van der Waals surface area (Å²) in [5.41, 5.74) is 3.03. The number of nitrogens with zero attached hydrogens (tertiary/aromatic N) is 2. The molecule has 100 valence electrons. The molecule has 3 aromatic rings. The molecule has 0 unspecified atom stereocenters. The Morgan fingerprint density at radius 3 is 2.75 bits per heavy atom. The number of aromatic nitrogens is 2. The largest absolute Gasteiger partial charge is 0.508 e. The highest BCUT2D eigenvalue weighted by atomic mass is 16.3. The molecule has 4 heteroatoms. The van der Waals surface area contributed by atoms with Gasteiger partial charge in [-0.2, -0.15) is 5.10 Å². The second-order valence-corrected chi connectivity index (χ2v) is 4.49. The highest BCUT2D eigenvalue weighted by molar-refractivity contribution is 5.60. The van der Waals surface area contributed by atoms with Gasteiger partial charge in [-0.1, -0.05) is 24.3 Å². The molecule has 2 aromatic carbocycles. The molecule has 1 heterocycles. The topological polar surface area (TPSA) is 50.1 Å². The number of hydrogen-bond acceptors (Lipinski definition) is 3. The van der Waals surface area contributed by atoms with E-state index in [1.807, 2.05) is 53.3 Å². The van der Waals surface area contributed by atoms with Crippen molar-refractivity contribution in [3.05, 3.63) is 72.6 Å². The quantitative estimate of drug-likeness (QED) is 0.761. The van der Waals surface area contributed by atoms with Crippen LogP contribution in [0.4, 0.5) is 5.69 Å². The minimum Gasteiger partial charge on any atom is -0.508 e. The highest BCUT2D eigenvalue weighted by Gasteiger charge is 2.03. The number of rotatable bonds is 4. The molecule has 1 aromatic heterocycles. The van der Waals surface area contributed by atoms with Gasteiger partial charge in [0.15, 0.2) is 0 Å². The maximum Gasteiger partial charge on any atom is 0.115 e. The van der Waals surface area contributed by atoms with Crippen molar-refractivity contribution in [1.82, 2.24) is 9.78 Å². The van der Waals surface area contributed by atoms with Gasteiger partial charge in [0.25, 0.3) is 0 Å². The van der Waals surface area contributed by atoms with Crippen molar-refractivity contribution in [2.75, 3.05) is 5.32 Å². The van der Waals surface area contributed by atoms with Crippen molar-refractivity contribution in [2.45, 2.75) is 6.54 Å². The first-order chi connectivity index (χ1) is 9.83. The third-order valence-corrected chi connectivity index (χ3v) is 3.05. The van der Waals surface area contributed by atoms with E-state index in [2.05, 4.69) is 10.4 Å². The van der Waals surface area contributed by atoms with Crippen molar-refractivity contribution in [3.63, 3.8) is 0 Å². The minimum absolute atomic E-state index is 0.282. The van der Waals surface area contributed by atoms with Gasteiger partial charge in [0, 0.05) is 18.9 Å². The van der Waals surface area contributed by atoms with Gasteiger partial charge in [0.2, 0.25) is 0 Å². The van der Waals surface area contributed by atoms with E-state index in [1.165, 1.54) is 0 Å². The molecule has 2 N–H and O–H groups in total. The molecular weight excluding hydrogens is 250 g/mol. The summed E-state index contributed by atoms with van der Waals surface area (Å²) < 4.78 is 1.82. The van der Waals surface area contributed by atoms with Crippen LogP contribution in [0.25, 0.3) is 5.69 Å². The van der Waals surface area contributed by atoms with E-state index in [4.69, 9.17) is 0 Å². The number of benzene rings is 2. The Bertz CT molecular complexity index is 692. The van der Waals surface area contributed by atoms with Crippen molar-refractivity contribution in [2.24, 2.45) is 0 Å². The number of hydrogen-bond donors (Lipinski definition) is 2. The number of aromatic hydroxyl groups is 1. The molecule has 0 radical (unpaired) electrons. The predicted molar refractivity (Wildman–Crippen MR) is 79.0 cm³/mol. The number of phenolic OH excluding ortho intramolecular Hbond substituents is 1. The molecule has 20 heavy (non-hydrogen) atoms. The molecule has 0 fully saturated rings. The molecule has 0 spiro atoms. The fraction of sp³-hybridized carbons (Fsp3) is 0.0625. The summed E-state index contributed by atoms with van der Waals surface area (Å²) in [6.07, 6.45) is 3.67. The summed E-state index contributed by atoms with van der Waals surface area (Å²) in [5, 5.41) is 17.1. The summed E-state index contributed by atoms with van der Waals surface area (Å²) in [6.45, 7) is 0.646. The lowest BCUT2D eigenvalue weighted by Gasteiger charge is -2.12. The summed E-state index contributed by atoms with van der Waals surface area (Å²) in [4.78, 5) is 0. The van der Waals surface area contributed by atoms with Crippen LogP contribution in [0.1, 0.15) is 5.56 Å². The molecule has 0 aliphatic heterocycles. The normalized spacial score (nSPS) is 10.4. The number of anilines is 1. The Hall–Kier alpha value is -2.75. The van der Waals surface area contributed by atoms with Gasteiger partial charge in [-0.3, -0.25) is 0 Å². The second kappa shape index (κ2) is 5.48. The van der Waals surface area contributed by atoms with Crippen LogP contribution in [-0.4, -0.2) is 14.9 Å². The van der Waals surface area contributed by atoms with Gasteiger partial charge < -0.3 is 10.4 Å². The van der Waals surface area contributed by atoms with Gasteiger partial charge in [0.1, 0.15) is 5.75 Å². The summed E-state index contributed by atoms with van der Waals surface area (Å²) in [6, 6.07) is 17.1. The zero-order valence-electron chi connectivity index (χ0n) is 10.9. The van der Waals surface area contributed by atoms with Gasteiger partial charge in [-0.25, -0.2) is 4.68 Å². The monoisotopic (exact) mass is 265 g/mol. The van der Waals surface area contributed by atoms with Gasteiger partial charge in [0.05, 0.1) is 11.4 Å². The van der Waals surface area contributed by atoms with Crippen LogP contribution in [0.15, 0.2) is 67.0 Å². The van der Waals surface area contributed by atoms with Crippen molar-refractivity contribution < 1.29 is 5.11 Å². The van der Waals surface area contributed by atoms with Gasteiger partial charge in [-0.05, 0) is 35.9 Å². The average molecular weight is 265 g/mol. The minimum atomic E-state index is 0.282. The van der Waals surface area contributed by atoms with Gasteiger partial charge >= 0.3 is 0 Å². The highest BCUT2D eigenvalue weighted by Crippen LogP contribution is 2.20. The summed E-state index contributed by atoms with van der Waals surface area (Å²) in [5.74, 6) is 0.282. The molecule has 0 aliphatic rings. The smallest absolute Gasteiger partial charge is 0.115 e. The molecule has 0 bridgehead atoms. The van der Waals surface area contributed by atoms with Crippen LogP contribution in [0, 0.1) is 0 Å². The zero-order valence-corrected chi connectivity index (χ0v) is 10.9. The molecule has 0 aliphatic carbocycles. The predicted octanol–water partition coefficient (Wildman–Crippen LogP) is 3.19. The maximum atomic E-state index is 9.47. The molecule has 4 nitrogen and oxygen atoms in total. The zero-order chi connectivity index (χ0) is 13.8. The van der Waals surface area contributed by atoms with Crippen LogP contribution >= 0.6 is 0 Å². The molecular formula is C16H15N3O. The van der Waals surface area contributed by atoms with E-state index in [0.29, 0.717) is 6.54 Å². The van der Waals surface area contributed by atoms with Crippen molar-refractivity contribution >= 4 is 5.69 Å². The van der Waals surface area contributed by atoms with Crippen LogP contribution in [-0.2, 0) is 6.54 Å². The van der Waals surface area contributed by atoms with E-state index < -0.39 is 0 Å². The Morgan fingerprint density at radius 1 is 1.05 bits per heavy atom. The Balaban J connectivity index is 1.81. The molecule has 0 atom stereocenters. The van der Waals surface area contributed by atoms with E-state index in [-0.39, 0.29) is 5.75 Å². The fourth-order valence-corrected chi connectivity index (χ4v) is 2.10. The fourth-order valence-electron chi connectivity index (χ4n) is 2.10. The van der Waals surface area contributed by atoms with Crippen LogP contribution in [0.5, 0.6) is 5.75 Å². The average Bonchev–Trinajstić information content (AvgIpc) is 3.00. The number of para-hydroxylation sites is 2. The Kier molecular flexibility index (Phi) is 3.37. The lowest BCUT2D eigenvalue weighted by molar-refractivity contribution is 0.474. The third-order valence-electron chi connectivity index (χ3n) is 3.05. The van der Waals surface area contributed by atoms with Crippen LogP contribution < -0.4 is 5.32 Å². The van der Waals surface area contributed by atoms with Crippen LogP contribution in [0.3, 0.4) is 0 Å². The van der Waals surface area contributed by atoms with Crippen molar-refractivity contribution in [3.8, 4) is 11.4 Å². The summed E-state index contributed by atoms with van der Waals surface area (Å²) in [7, 11) is 0. The van der Waals surface area contributed by atoms with Crippen LogP contribution in [0.2, 0.25) is 0 Å². The van der Waals surface area contributed by atoms with E-state index in [9.17, 15) is 5.11 Å². The molecule has 0 amide bonds. The number of nitrogens with one attached hydrogen (secondary N) is 1. The van der Waals surface area contributed by atoms with Gasteiger partial charge in [-0.15, -0.1) is 0 Å². The van der Waals surface area contributed by atoms with E-state index >= 15 is 0 Å². The number of phenols is 1. The van der Waals surface area contributed by atoms with Crippen molar-refractivity contribution in [1.29, 1.82) is 0 Å². The first-order valence-corrected chi connectivity index (χ1v) is 6.44. The molecule has 0 saturated carbocycles. The molecule has 0 saturated heterocycles. The molecule has 3 rings (SSSR count). The first kappa shape index (κ1) is 12.3. The van der Waals surface area contributed by atoms with E-state index in [0.717, 1.165) is 16.9 Å².